The van der Waals surface area contributed by atoms with Crippen molar-refractivity contribution in [2.45, 2.75) is 19.4 Å². The van der Waals surface area contributed by atoms with Crippen LogP contribution in [0.4, 0.5) is 5.69 Å². The molecule has 2 rings (SSSR count). The minimum atomic E-state index is -1.00. The lowest BCUT2D eigenvalue weighted by molar-refractivity contribution is -0.139. The first-order valence-electron chi connectivity index (χ1n) is 7.00. The number of primary amides is 1. The third-order valence-corrected chi connectivity index (χ3v) is 4.19. The number of benzene rings is 1. The number of amides is 3. The summed E-state index contributed by atoms with van der Waals surface area (Å²) in [6.07, 6.45) is -1.19. The van der Waals surface area contributed by atoms with Crippen molar-refractivity contribution in [3.63, 3.8) is 0 Å². The summed E-state index contributed by atoms with van der Waals surface area (Å²) >= 11 is 6.07. The van der Waals surface area contributed by atoms with E-state index < -0.39 is 12.0 Å². The molecule has 1 atom stereocenters. The van der Waals surface area contributed by atoms with E-state index in [-0.39, 0.29) is 31.4 Å². The number of anilines is 1. The second-order valence-electron chi connectivity index (χ2n) is 5.27. The monoisotopic (exact) mass is 339 g/mol. The van der Waals surface area contributed by atoms with Crippen molar-refractivity contribution in [1.29, 1.82) is 0 Å². The third-order valence-electron chi connectivity index (χ3n) is 3.78. The Morgan fingerprint density at radius 2 is 2.13 bits per heavy atom. The quantitative estimate of drug-likeness (QED) is 0.853. The van der Waals surface area contributed by atoms with Crippen molar-refractivity contribution in [3.05, 3.63) is 28.8 Å². The summed E-state index contributed by atoms with van der Waals surface area (Å²) < 4.78 is 4.88. The fourth-order valence-corrected chi connectivity index (χ4v) is 2.57. The minimum Gasteiger partial charge on any atom is -0.371 e. The standard InChI is InChI=1S/C15H18ClN3O4/c1-9-10(16)4-3-5-11(9)19-8-18(7-14(19)21)13(20)6-12(23-2)15(17)22/h3-5,12H,6-8H2,1-2H3,(H2,17,22). The molecule has 0 radical (unpaired) electrons. The normalized spacial score (nSPS) is 15.9. The van der Waals surface area contributed by atoms with Gasteiger partial charge < -0.3 is 15.4 Å². The first-order chi connectivity index (χ1) is 10.8. The zero-order valence-corrected chi connectivity index (χ0v) is 13.7. The summed E-state index contributed by atoms with van der Waals surface area (Å²) in [7, 11) is 1.31. The van der Waals surface area contributed by atoms with Crippen LogP contribution in [0.2, 0.25) is 5.02 Å². The van der Waals surface area contributed by atoms with E-state index in [0.717, 1.165) is 5.56 Å². The molecule has 23 heavy (non-hydrogen) atoms. The molecule has 3 amide bonds. The van der Waals surface area contributed by atoms with Gasteiger partial charge in [-0.15, -0.1) is 0 Å². The molecule has 1 heterocycles. The molecule has 1 unspecified atom stereocenters. The average Bonchev–Trinajstić information content (AvgIpc) is 2.89. The van der Waals surface area contributed by atoms with E-state index in [9.17, 15) is 14.4 Å². The Morgan fingerprint density at radius 3 is 2.74 bits per heavy atom. The van der Waals surface area contributed by atoms with E-state index in [1.54, 1.807) is 18.2 Å². The lowest BCUT2D eigenvalue weighted by atomic mass is 10.2. The fourth-order valence-electron chi connectivity index (χ4n) is 2.40. The maximum atomic E-state index is 12.2. The van der Waals surface area contributed by atoms with Gasteiger partial charge in [0.1, 0.15) is 19.3 Å². The summed E-state index contributed by atoms with van der Waals surface area (Å²) in [6, 6.07) is 5.25. The molecule has 124 valence electrons. The van der Waals surface area contributed by atoms with Gasteiger partial charge in [-0.2, -0.15) is 0 Å². The maximum Gasteiger partial charge on any atom is 0.248 e. The predicted molar refractivity (Wildman–Crippen MR) is 84.9 cm³/mol. The SMILES string of the molecule is COC(CC(=O)N1CC(=O)N(c2cccc(Cl)c2C)C1)C(N)=O. The predicted octanol–water partition coefficient (Wildman–Crippen LogP) is 0.672. The molecular weight excluding hydrogens is 322 g/mol. The third kappa shape index (κ3) is 3.62. The Hall–Kier alpha value is -2.12. The second kappa shape index (κ2) is 6.97. The molecule has 1 saturated heterocycles. The lowest BCUT2D eigenvalue weighted by Crippen LogP contribution is -2.38. The molecule has 1 aliphatic heterocycles. The van der Waals surface area contributed by atoms with Crippen LogP contribution >= 0.6 is 11.6 Å². The molecule has 0 aromatic heterocycles. The number of rotatable bonds is 5. The molecular formula is C15H18ClN3O4. The summed E-state index contributed by atoms with van der Waals surface area (Å²) in [5, 5.41) is 0.549. The van der Waals surface area contributed by atoms with Crippen molar-refractivity contribution >= 4 is 35.0 Å². The molecule has 1 fully saturated rings. The van der Waals surface area contributed by atoms with Crippen LogP contribution in [-0.4, -0.2) is 49.0 Å². The Labute approximate surface area is 138 Å². The van der Waals surface area contributed by atoms with E-state index in [1.807, 2.05) is 6.92 Å². The van der Waals surface area contributed by atoms with Gasteiger partial charge in [-0.05, 0) is 24.6 Å². The Bertz CT molecular complexity index is 650. The Kier molecular flexibility index (Phi) is 5.23. The van der Waals surface area contributed by atoms with Crippen LogP contribution in [0.3, 0.4) is 0 Å². The van der Waals surface area contributed by atoms with Gasteiger partial charge in [0.15, 0.2) is 0 Å². The first-order valence-corrected chi connectivity index (χ1v) is 7.38. The van der Waals surface area contributed by atoms with Gasteiger partial charge in [0.25, 0.3) is 0 Å². The number of nitrogens with two attached hydrogens (primary N) is 1. The zero-order valence-electron chi connectivity index (χ0n) is 12.9. The number of hydrogen-bond acceptors (Lipinski definition) is 4. The highest BCUT2D eigenvalue weighted by Crippen LogP contribution is 2.28. The highest BCUT2D eigenvalue weighted by Gasteiger charge is 2.34. The average molecular weight is 340 g/mol. The molecule has 0 spiro atoms. The second-order valence-corrected chi connectivity index (χ2v) is 5.68. The van der Waals surface area contributed by atoms with Crippen LogP contribution < -0.4 is 10.6 Å². The van der Waals surface area contributed by atoms with Gasteiger partial charge in [-0.25, -0.2) is 0 Å². The number of carbonyl (C=O) groups excluding carboxylic acids is 3. The van der Waals surface area contributed by atoms with Crippen LogP contribution in [0.1, 0.15) is 12.0 Å². The van der Waals surface area contributed by atoms with Crippen molar-refractivity contribution in [2.75, 3.05) is 25.2 Å². The van der Waals surface area contributed by atoms with Crippen LogP contribution in [0, 0.1) is 6.92 Å². The highest BCUT2D eigenvalue weighted by molar-refractivity contribution is 6.31. The Balaban J connectivity index is 2.12. The topological polar surface area (TPSA) is 92.9 Å². The molecule has 1 aromatic rings. The number of halogens is 1. The van der Waals surface area contributed by atoms with Crippen LogP contribution in [0.25, 0.3) is 0 Å². The van der Waals surface area contributed by atoms with Crippen LogP contribution in [0.5, 0.6) is 0 Å². The minimum absolute atomic E-state index is 0.0556. The first kappa shape index (κ1) is 17.2. The molecule has 2 N–H and O–H groups in total. The molecule has 0 saturated carbocycles. The van der Waals surface area contributed by atoms with E-state index in [4.69, 9.17) is 22.1 Å². The summed E-state index contributed by atoms with van der Waals surface area (Å²) in [6.45, 7) is 1.86. The lowest BCUT2D eigenvalue weighted by Gasteiger charge is -2.21. The number of methoxy groups -OCH3 is 1. The fraction of sp³-hybridized carbons (Fsp3) is 0.400. The number of ether oxygens (including phenoxy) is 1. The van der Waals surface area contributed by atoms with Crippen LogP contribution in [-0.2, 0) is 19.1 Å². The van der Waals surface area contributed by atoms with Gasteiger partial charge in [-0.1, -0.05) is 17.7 Å². The molecule has 8 heteroatoms. The summed E-state index contributed by atoms with van der Waals surface area (Å²) in [5.74, 6) is -1.29. The van der Waals surface area contributed by atoms with E-state index in [0.29, 0.717) is 10.7 Å². The molecule has 1 aliphatic rings. The van der Waals surface area contributed by atoms with E-state index in [2.05, 4.69) is 0 Å². The smallest absolute Gasteiger partial charge is 0.248 e. The van der Waals surface area contributed by atoms with Crippen LogP contribution in [0.15, 0.2) is 18.2 Å². The van der Waals surface area contributed by atoms with Crippen molar-refractivity contribution in [2.24, 2.45) is 5.73 Å². The van der Waals surface area contributed by atoms with Gasteiger partial charge >= 0.3 is 0 Å². The van der Waals surface area contributed by atoms with Gasteiger partial charge in [0, 0.05) is 17.8 Å². The summed E-state index contributed by atoms with van der Waals surface area (Å²) in [4.78, 5) is 38.4. The van der Waals surface area contributed by atoms with Gasteiger partial charge in [0.05, 0.1) is 6.42 Å². The Morgan fingerprint density at radius 1 is 1.43 bits per heavy atom. The number of hydrogen-bond donors (Lipinski definition) is 1. The van der Waals surface area contributed by atoms with E-state index in [1.165, 1.54) is 16.9 Å². The van der Waals surface area contributed by atoms with E-state index >= 15 is 0 Å². The zero-order chi connectivity index (χ0) is 17.1. The molecule has 1 aromatic carbocycles. The molecule has 0 aliphatic carbocycles. The van der Waals surface area contributed by atoms with Crippen molar-refractivity contribution < 1.29 is 19.1 Å². The summed E-state index contributed by atoms with van der Waals surface area (Å²) in [5.41, 5.74) is 6.58. The number of nitrogens with zero attached hydrogens (tertiary/aromatic N) is 2. The van der Waals surface area contributed by atoms with Crippen molar-refractivity contribution in [3.8, 4) is 0 Å². The van der Waals surface area contributed by atoms with Gasteiger partial charge in [0.2, 0.25) is 17.7 Å². The molecule has 0 bridgehead atoms. The largest absolute Gasteiger partial charge is 0.371 e. The maximum absolute atomic E-state index is 12.2. The van der Waals surface area contributed by atoms with Crippen molar-refractivity contribution in [1.82, 2.24) is 4.90 Å². The molecule has 7 nitrogen and oxygen atoms in total. The highest BCUT2D eigenvalue weighted by atomic mass is 35.5. The van der Waals surface area contributed by atoms with Gasteiger partial charge in [-0.3, -0.25) is 19.3 Å². The number of carbonyl (C=O) groups is 3.